The van der Waals surface area contributed by atoms with Crippen LogP contribution in [0.5, 0.6) is 0 Å². The number of carbonyl (C=O) groups is 2. The Balaban J connectivity index is 0.00000361. The molecule has 1 heterocycles. The number of carbonyl (C=O) groups excluding carboxylic acids is 2. The van der Waals surface area contributed by atoms with Gasteiger partial charge in [-0.1, -0.05) is 6.92 Å². The lowest BCUT2D eigenvalue weighted by atomic mass is 9.93. The van der Waals surface area contributed by atoms with Crippen LogP contribution in [0.25, 0.3) is 0 Å². The fraction of sp³-hybridized carbons (Fsp3) is 0.818. The molecule has 3 N–H and O–H groups in total. The number of piperidine rings is 1. The summed E-state index contributed by atoms with van der Waals surface area (Å²) in [4.78, 5) is 23.1. The molecule has 1 rings (SSSR count). The van der Waals surface area contributed by atoms with Crippen LogP contribution in [0.1, 0.15) is 19.8 Å². The second kappa shape index (κ2) is 8.31. The van der Waals surface area contributed by atoms with Crippen LogP contribution < -0.4 is 16.0 Å². The highest BCUT2D eigenvalue weighted by Gasteiger charge is 2.45. The molecule has 1 aliphatic rings. The monoisotopic (exact) mass is 317 g/mol. The molecule has 0 aliphatic carbocycles. The quantitative estimate of drug-likeness (QED) is 0.513. The molecule has 118 valence electrons. The SMILES string of the molecule is CCNCCNC(=O)C1CCC(C(F)(F)F)NC1=O.Cl. The third kappa shape index (κ3) is 5.54. The molecule has 0 saturated carbocycles. The number of rotatable bonds is 5. The summed E-state index contributed by atoms with van der Waals surface area (Å²) in [5.41, 5.74) is 0. The van der Waals surface area contributed by atoms with Crippen molar-refractivity contribution in [2.24, 2.45) is 5.92 Å². The number of likely N-dealkylation sites (N-methyl/N-ethyl adjacent to an activating group) is 1. The van der Waals surface area contributed by atoms with Gasteiger partial charge in [0.25, 0.3) is 0 Å². The van der Waals surface area contributed by atoms with Crippen molar-refractivity contribution in [2.45, 2.75) is 32.0 Å². The van der Waals surface area contributed by atoms with Crippen LogP contribution >= 0.6 is 12.4 Å². The van der Waals surface area contributed by atoms with E-state index in [1.807, 2.05) is 12.2 Å². The zero-order valence-electron chi connectivity index (χ0n) is 11.0. The second-order valence-corrected chi connectivity index (χ2v) is 4.38. The molecule has 0 bridgehead atoms. The predicted octanol–water partition coefficient (Wildman–Crippen LogP) is 0.591. The topological polar surface area (TPSA) is 70.2 Å². The minimum Gasteiger partial charge on any atom is -0.354 e. The van der Waals surface area contributed by atoms with Crippen LogP contribution in [0.15, 0.2) is 0 Å². The van der Waals surface area contributed by atoms with Crippen LogP contribution in [0.2, 0.25) is 0 Å². The molecule has 0 spiro atoms. The fourth-order valence-electron chi connectivity index (χ4n) is 1.88. The summed E-state index contributed by atoms with van der Waals surface area (Å²) in [6.07, 6.45) is -4.80. The molecule has 0 aromatic rings. The molecule has 1 saturated heterocycles. The maximum atomic E-state index is 12.4. The molecule has 20 heavy (non-hydrogen) atoms. The number of alkyl halides is 3. The van der Waals surface area contributed by atoms with Gasteiger partial charge in [0.15, 0.2) is 0 Å². The molecule has 0 aromatic heterocycles. The van der Waals surface area contributed by atoms with Crippen molar-refractivity contribution in [3.05, 3.63) is 0 Å². The fourth-order valence-corrected chi connectivity index (χ4v) is 1.88. The van der Waals surface area contributed by atoms with E-state index in [2.05, 4.69) is 10.6 Å². The van der Waals surface area contributed by atoms with Crippen LogP contribution in [0.3, 0.4) is 0 Å². The van der Waals surface area contributed by atoms with E-state index in [1.54, 1.807) is 0 Å². The van der Waals surface area contributed by atoms with Crippen molar-refractivity contribution >= 4 is 24.2 Å². The van der Waals surface area contributed by atoms with Gasteiger partial charge >= 0.3 is 6.18 Å². The lowest BCUT2D eigenvalue weighted by Gasteiger charge is -2.29. The van der Waals surface area contributed by atoms with Gasteiger partial charge in [0.1, 0.15) is 12.0 Å². The highest BCUT2D eigenvalue weighted by Crippen LogP contribution is 2.28. The van der Waals surface area contributed by atoms with Crippen LogP contribution in [0.4, 0.5) is 13.2 Å². The number of hydrogen-bond donors (Lipinski definition) is 3. The predicted molar refractivity (Wildman–Crippen MR) is 69.5 cm³/mol. The zero-order valence-corrected chi connectivity index (χ0v) is 11.9. The maximum Gasteiger partial charge on any atom is 0.408 e. The Morgan fingerprint density at radius 2 is 2.00 bits per heavy atom. The molecular formula is C11H19ClF3N3O2. The van der Waals surface area contributed by atoms with Gasteiger partial charge in [0.05, 0.1) is 0 Å². The molecule has 0 aromatic carbocycles. The van der Waals surface area contributed by atoms with Crippen molar-refractivity contribution in [1.82, 2.24) is 16.0 Å². The van der Waals surface area contributed by atoms with E-state index >= 15 is 0 Å². The molecule has 2 unspecified atom stereocenters. The molecule has 2 amide bonds. The Labute approximate surface area is 121 Å². The van der Waals surface area contributed by atoms with Crippen molar-refractivity contribution < 1.29 is 22.8 Å². The van der Waals surface area contributed by atoms with E-state index in [4.69, 9.17) is 0 Å². The Morgan fingerprint density at radius 1 is 1.35 bits per heavy atom. The summed E-state index contributed by atoms with van der Waals surface area (Å²) < 4.78 is 37.2. The third-order valence-electron chi connectivity index (χ3n) is 2.94. The Hall–Kier alpha value is -1.02. The van der Waals surface area contributed by atoms with E-state index < -0.39 is 30.0 Å². The van der Waals surface area contributed by atoms with Crippen molar-refractivity contribution in [1.29, 1.82) is 0 Å². The largest absolute Gasteiger partial charge is 0.408 e. The van der Waals surface area contributed by atoms with Crippen molar-refractivity contribution in [3.63, 3.8) is 0 Å². The molecule has 9 heteroatoms. The van der Waals surface area contributed by atoms with Crippen LogP contribution in [-0.4, -0.2) is 43.7 Å². The highest BCUT2D eigenvalue weighted by atomic mass is 35.5. The number of halogens is 4. The van der Waals surface area contributed by atoms with Crippen LogP contribution in [-0.2, 0) is 9.59 Å². The molecule has 1 fully saturated rings. The lowest BCUT2D eigenvalue weighted by molar-refractivity contribution is -0.171. The summed E-state index contributed by atoms with van der Waals surface area (Å²) in [5, 5.41) is 7.36. The Morgan fingerprint density at radius 3 is 2.50 bits per heavy atom. The van der Waals surface area contributed by atoms with Gasteiger partial charge in [-0.3, -0.25) is 9.59 Å². The zero-order chi connectivity index (χ0) is 14.5. The normalized spacial score (nSPS) is 22.7. The summed E-state index contributed by atoms with van der Waals surface area (Å²) in [7, 11) is 0. The van der Waals surface area contributed by atoms with Crippen LogP contribution in [0, 0.1) is 5.92 Å². The summed E-state index contributed by atoms with van der Waals surface area (Å²) in [5.74, 6) is -2.40. The maximum absolute atomic E-state index is 12.4. The number of nitrogens with one attached hydrogen (secondary N) is 3. The third-order valence-corrected chi connectivity index (χ3v) is 2.94. The van der Waals surface area contributed by atoms with Crippen molar-refractivity contribution in [3.8, 4) is 0 Å². The first-order valence-electron chi connectivity index (χ1n) is 6.21. The summed E-state index contributed by atoms with van der Waals surface area (Å²) in [6.45, 7) is 3.57. The van der Waals surface area contributed by atoms with Gasteiger partial charge in [-0.2, -0.15) is 13.2 Å². The Kier molecular flexibility index (Phi) is 7.88. The van der Waals surface area contributed by atoms with Gasteiger partial charge in [-0.05, 0) is 19.4 Å². The van der Waals surface area contributed by atoms with Gasteiger partial charge in [-0.25, -0.2) is 0 Å². The van der Waals surface area contributed by atoms with E-state index in [-0.39, 0.29) is 25.2 Å². The van der Waals surface area contributed by atoms with Gasteiger partial charge < -0.3 is 16.0 Å². The Bertz CT molecular complexity index is 339. The first-order chi connectivity index (χ1) is 8.86. The second-order valence-electron chi connectivity index (χ2n) is 4.38. The van der Waals surface area contributed by atoms with E-state index in [1.165, 1.54) is 0 Å². The highest BCUT2D eigenvalue weighted by molar-refractivity contribution is 6.00. The smallest absolute Gasteiger partial charge is 0.354 e. The summed E-state index contributed by atoms with van der Waals surface area (Å²) in [6, 6.07) is -1.84. The average Bonchev–Trinajstić information content (AvgIpc) is 2.33. The average molecular weight is 318 g/mol. The first kappa shape index (κ1) is 19.0. The minimum absolute atomic E-state index is 0. The first-order valence-corrected chi connectivity index (χ1v) is 6.21. The molecule has 2 atom stereocenters. The van der Waals surface area contributed by atoms with Gasteiger partial charge in [0.2, 0.25) is 11.8 Å². The van der Waals surface area contributed by atoms with Crippen molar-refractivity contribution in [2.75, 3.05) is 19.6 Å². The number of hydrogen-bond acceptors (Lipinski definition) is 3. The lowest BCUT2D eigenvalue weighted by Crippen LogP contribution is -2.54. The minimum atomic E-state index is -4.46. The standard InChI is InChI=1S/C11H18F3N3O2.ClH/c1-2-15-5-6-16-9(18)7-3-4-8(11(12,13)14)17-10(7)19;/h7-8,15H,2-6H2,1H3,(H,16,18)(H,17,19);1H. The van der Waals surface area contributed by atoms with E-state index in [9.17, 15) is 22.8 Å². The molecule has 0 radical (unpaired) electrons. The summed E-state index contributed by atoms with van der Waals surface area (Å²) >= 11 is 0. The molecular weight excluding hydrogens is 299 g/mol. The van der Waals surface area contributed by atoms with Gasteiger partial charge in [0, 0.05) is 13.1 Å². The number of amides is 2. The molecule has 1 aliphatic heterocycles. The van der Waals surface area contributed by atoms with Gasteiger partial charge in [-0.15, -0.1) is 12.4 Å². The van der Waals surface area contributed by atoms with E-state index in [0.29, 0.717) is 13.1 Å². The molecule has 5 nitrogen and oxygen atoms in total. The van der Waals surface area contributed by atoms with E-state index in [0.717, 1.165) is 6.54 Å².